The van der Waals surface area contributed by atoms with E-state index in [1.165, 1.54) is 68.6 Å². The molecular formula is C18H29N3. The molecule has 2 N–H and O–H groups in total. The molecule has 0 spiro atoms. The van der Waals surface area contributed by atoms with Gasteiger partial charge in [0.15, 0.2) is 0 Å². The van der Waals surface area contributed by atoms with Crippen LogP contribution in [0.4, 0.5) is 0 Å². The largest absolute Gasteiger partial charge is 0.326 e. The lowest BCUT2D eigenvalue weighted by molar-refractivity contribution is 0.161. The highest BCUT2D eigenvalue weighted by Gasteiger charge is 2.28. The summed E-state index contributed by atoms with van der Waals surface area (Å²) >= 11 is 0. The third-order valence-corrected chi connectivity index (χ3v) is 5.19. The molecule has 0 amide bonds. The number of likely N-dealkylation sites (tertiary alicyclic amines) is 2. The number of hydrogen-bond acceptors (Lipinski definition) is 3. The summed E-state index contributed by atoms with van der Waals surface area (Å²) in [6.45, 7) is 9.10. The summed E-state index contributed by atoms with van der Waals surface area (Å²) in [4.78, 5) is 5.36. The Morgan fingerprint density at radius 1 is 1.14 bits per heavy atom. The molecule has 0 radical (unpaired) electrons. The molecule has 116 valence electrons. The quantitative estimate of drug-likeness (QED) is 0.923. The first-order chi connectivity index (χ1) is 10.3. The predicted molar refractivity (Wildman–Crippen MR) is 88.2 cm³/mol. The van der Waals surface area contributed by atoms with E-state index in [0.717, 1.165) is 12.6 Å². The Hall–Kier alpha value is -0.900. The monoisotopic (exact) mass is 287 g/mol. The van der Waals surface area contributed by atoms with E-state index in [-0.39, 0.29) is 0 Å². The smallest absolute Gasteiger partial charge is 0.0237 e. The molecule has 21 heavy (non-hydrogen) atoms. The van der Waals surface area contributed by atoms with Crippen LogP contribution in [-0.2, 0) is 13.1 Å². The normalized spacial score (nSPS) is 24.6. The van der Waals surface area contributed by atoms with Gasteiger partial charge in [-0.15, -0.1) is 0 Å². The minimum Gasteiger partial charge on any atom is -0.326 e. The summed E-state index contributed by atoms with van der Waals surface area (Å²) in [5.41, 5.74) is 9.81. The number of rotatable bonds is 4. The van der Waals surface area contributed by atoms with Crippen LogP contribution >= 0.6 is 0 Å². The van der Waals surface area contributed by atoms with E-state index < -0.39 is 0 Å². The molecule has 0 aromatic heterocycles. The topological polar surface area (TPSA) is 32.5 Å². The molecule has 3 heteroatoms. The first-order valence-electron chi connectivity index (χ1n) is 8.51. The van der Waals surface area contributed by atoms with Crippen molar-refractivity contribution in [2.24, 2.45) is 5.73 Å². The van der Waals surface area contributed by atoms with E-state index in [9.17, 15) is 0 Å². The highest BCUT2D eigenvalue weighted by Crippen LogP contribution is 2.22. The fraction of sp³-hybridized carbons (Fsp3) is 0.667. The summed E-state index contributed by atoms with van der Waals surface area (Å²) < 4.78 is 0. The summed E-state index contributed by atoms with van der Waals surface area (Å²) in [7, 11) is 0. The zero-order valence-corrected chi connectivity index (χ0v) is 13.4. The van der Waals surface area contributed by atoms with Crippen molar-refractivity contribution in [1.29, 1.82) is 0 Å². The van der Waals surface area contributed by atoms with Crippen LogP contribution in [0.15, 0.2) is 18.2 Å². The van der Waals surface area contributed by atoms with Gasteiger partial charge in [0, 0.05) is 32.2 Å². The average Bonchev–Trinajstić information content (AvgIpc) is 2.99. The van der Waals surface area contributed by atoms with Gasteiger partial charge in [-0.25, -0.2) is 0 Å². The molecule has 2 heterocycles. The maximum absolute atomic E-state index is 5.72. The van der Waals surface area contributed by atoms with Crippen LogP contribution in [0.5, 0.6) is 0 Å². The number of hydrogen-bond donors (Lipinski definition) is 1. The first kappa shape index (κ1) is 15.0. The van der Waals surface area contributed by atoms with E-state index in [4.69, 9.17) is 5.73 Å². The van der Waals surface area contributed by atoms with Crippen LogP contribution in [0, 0.1) is 6.92 Å². The predicted octanol–water partition coefficient (Wildman–Crippen LogP) is 2.51. The third kappa shape index (κ3) is 3.65. The molecule has 0 bridgehead atoms. The van der Waals surface area contributed by atoms with E-state index >= 15 is 0 Å². The van der Waals surface area contributed by atoms with Crippen molar-refractivity contribution in [2.75, 3.05) is 26.2 Å². The fourth-order valence-electron chi connectivity index (χ4n) is 3.84. The zero-order chi connectivity index (χ0) is 14.7. The molecule has 1 atom stereocenters. The molecule has 3 nitrogen and oxygen atoms in total. The van der Waals surface area contributed by atoms with Crippen LogP contribution in [0.25, 0.3) is 0 Å². The van der Waals surface area contributed by atoms with Crippen molar-refractivity contribution < 1.29 is 0 Å². The van der Waals surface area contributed by atoms with Crippen LogP contribution in [0.1, 0.15) is 42.4 Å². The third-order valence-electron chi connectivity index (χ3n) is 5.19. The Balaban J connectivity index is 1.56. The van der Waals surface area contributed by atoms with E-state index in [2.05, 4.69) is 34.9 Å². The maximum Gasteiger partial charge on any atom is 0.0237 e. The van der Waals surface area contributed by atoms with E-state index in [1.54, 1.807) is 0 Å². The summed E-state index contributed by atoms with van der Waals surface area (Å²) in [5.74, 6) is 0. The van der Waals surface area contributed by atoms with Crippen molar-refractivity contribution in [2.45, 2.75) is 51.7 Å². The Morgan fingerprint density at radius 3 is 2.67 bits per heavy atom. The van der Waals surface area contributed by atoms with Crippen LogP contribution in [0.2, 0.25) is 0 Å². The molecule has 0 aliphatic carbocycles. The standard InChI is InChI=1S/C18H29N3/c1-15-11-16(12-19)5-6-17(15)13-20-10-7-18(14-20)21-8-3-2-4-9-21/h5-6,11,18H,2-4,7-10,12-14,19H2,1H3. The Labute approximate surface area is 129 Å². The minimum atomic E-state index is 0.641. The maximum atomic E-state index is 5.72. The molecule has 2 aliphatic heterocycles. The Morgan fingerprint density at radius 2 is 1.95 bits per heavy atom. The van der Waals surface area contributed by atoms with Crippen molar-refractivity contribution in [1.82, 2.24) is 9.80 Å². The van der Waals surface area contributed by atoms with Gasteiger partial charge in [-0.2, -0.15) is 0 Å². The molecule has 2 aliphatic rings. The van der Waals surface area contributed by atoms with Gasteiger partial charge in [-0.05, 0) is 56.0 Å². The van der Waals surface area contributed by atoms with Gasteiger partial charge in [0.1, 0.15) is 0 Å². The van der Waals surface area contributed by atoms with Crippen molar-refractivity contribution in [3.8, 4) is 0 Å². The summed E-state index contributed by atoms with van der Waals surface area (Å²) in [5, 5.41) is 0. The average molecular weight is 287 g/mol. The second kappa shape index (κ2) is 6.91. The molecule has 3 rings (SSSR count). The Bertz CT molecular complexity index is 466. The van der Waals surface area contributed by atoms with Gasteiger partial charge < -0.3 is 5.73 Å². The molecule has 1 unspecified atom stereocenters. The minimum absolute atomic E-state index is 0.641. The highest BCUT2D eigenvalue weighted by atomic mass is 15.3. The van der Waals surface area contributed by atoms with Gasteiger partial charge in [-0.3, -0.25) is 9.80 Å². The zero-order valence-electron chi connectivity index (χ0n) is 13.4. The van der Waals surface area contributed by atoms with Gasteiger partial charge in [0.05, 0.1) is 0 Å². The van der Waals surface area contributed by atoms with Crippen molar-refractivity contribution >= 4 is 0 Å². The second-order valence-corrected chi connectivity index (χ2v) is 6.74. The highest BCUT2D eigenvalue weighted by molar-refractivity contribution is 5.31. The fourth-order valence-corrected chi connectivity index (χ4v) is 3.84. The van der Waals surface area contributed by atoms with Crippen LogP contribution < -0.4 is 5.73 Å². The number of piperidine rings is 1. The van der Waals surface area contributed by atoms with Crippen molar-refractivity contribution in [3.05, 3.63) is 34.9 Å². The Kier molecular flexibility index (Phi) is 4.94. The van der Waals surface area contributed by atoms with Gasteiger partial charge in [0.25, 0.3) is 0 Å². The SMILES string of the molecule is Cc1cc(CN)ccc1CN1CCC(N2CCCCC2)C1. The first-order valence-corrected chi connectivity index (χ1v) is 8.51. The number of nitrogens with zero attached hydrogens (tertiary/aromatic N) is 2. The number of nitrogens with two attached hydrogens (primary N) is 1. The van der Waals surface area contributed by atoms with Gasteiger partial charge in [0.2, 0.25) is 0 Å². The molecule has 1 aromatic carbocycles. The number of benzene rings is 1. The molecule has 0 saturated carbocycles. The molecule has 1 aromatic rings. The van der Waals surface area contributed by atoms with Crippen LogP contribution in [0.3, 0.4) is 0 Å². The summed E-state index contributed by atoms with van der Waals surface area (Å²) in [6, 6.07) is 7.49. The molecular weight excluding hydrogens is 258 g/mol. The summed E-state index contributed by atoms with van der Waals surface area (Å²) in [6.07, 6.45) is 5.58. The van der Waals surface area contributed by atoms with Crippen LogP contribution in [-0.4, -0.2) is 42.0 Å². The number of aryl methyl sites for hydroxylation is 1. The van der Waals surface area contributed by atoms with Gasteiger partial charge in [-0.1, -0.05) is 24.6 Å². The second-order valence-electron chi connectivity index (χ2n) is 6.74. The molecule has 2 saturated heterocycles. The lowest BCUT2D eigenvalue weighted by atomic mass is 10.0. The van der Waals surface area contributed by atoms with E-state index in [1.807, 2.05) is 0 Å². The van der Waals surface area contributed by atoms with Crippen molar-refractivity contribution in [3.63, 3.8) is 0 Å². The van der Waals surface area contributed by atoms with Gasteiger partial charge >= 0.3 is 0 Å². The molecule has 2 fully saturated rings. The van der Waals surface area contributed by atoms with E-state index in [0.29, 0.717) is 6.54 Å². The lowest BCUT2D eigenvalue weighted by Gasteiger charge is -2.32. The lowest BCUT2D eigenvalue weighted by Crippen LogP contribution is -2.40.